The smallest absolute Gasteiger partial charge is 0.0665 e. The van der Waals surface area contributed by atoms with Crippen LogP contribution in [-0.2, 0) is 12.8 Å². The Kier molecular flexibility index (Phi) is 3.78. The first-order valence-corrected chi connectivity index (χ1v) is 8.59. The van der Waals surface area contributed by atoms with E-state index in [9.17, 15) is 0 Å². The molecule has 24 heavy (non-hydrogen) atoms. The van der Waals surface area contributed by atoms with Gasteiger partial charge in [0, 0.05) is 12.6 Å². The molecule has 0 N–H and O–H groups in total. The Morgan fingerprint density at radius 1 is 0.958 bits per heavy atom. The van der Waals surface area contributed by atoms with Gasteiger partial charge >= 0.3 is 0 Å². The van der Waals surface area contributed by atoms with Crippen LogP contribution in [0.2, 0.25) is 0 Å². The molecule has 1 aliphatic rings. The second-order valence-electron chi connectivity index (χ2n) is 6.50. The predicted molar refractivity (Wildman–Crippen MR) is 102 cm³/mol. The van der Waals surface area contributed by atoms with E-state index in [1.807, 2.05) is 6.20 Å². The fourth-order valence-corrected chi connectivity index (χ4v) is 3.36. The van der Waals surface area contributed by atoms with Crippen LogP contribution in [0.1, 0.15) is 34.9 Å². The highest BCUT2D eigenvalue weighted by Gasteiger charge is 2.18. The quantitative estimate of drug-likeness (QED) is 0.603. The number of aryl methyl sites for hydroxylation is 2. The SMILES string of the molecule is CCc1ccc(-c2cccc3c2C=C(c2ccc(C)cn2)C3)cc1. The third-order valence-corrected chi connectivity index (χ3v) is 4.81. The lowest BCUT2D eigenvalue weighted by Gasteiger charge is -2.08. The summed E-state index contributed by atoms with van der Waals surface area (Å²) in [6, 6.07) is 19.8. The van der Waals surface area contributed by atoms with Crippen molar-refractivity contribution in [2.75, 3.05) is 0 Å². The Morgan fingerprint density at radius 3 is 2.50 bits per heavy atom. The number of rotatable bonds is 3. The summed E-state index contributed by atoms with van der Waals surface area (Å²) in [5.74, 6) is 0. The van der Waals surface area contributed by atoms with Gasteiger partial charge in [0.15, 0.2) is 0 Å². The molecule has 4 rings (SSSR count). The lowest BCUT2D eigenvalue weighted by molar-refractivity contribution is 1.14. The molecule has 0 radical (unpaired) electrons. The highest BCUT2D eigenvalue weighted by Crippen LogP contribution is 2.37. The van der Waals surface area contributed by atoms with Crippen LogP contribution in [0, 0.1) is 6.92 Å². The van der Waals surface area contributed by atoms with Gasteiger partial charge < -0.3 is 0 Å². The molecule has 0 spiro atoms. The Labute approximate surface area is 143 Å². The predicted octanol–water partition coefficient (Wildman–Crippen LogP) is 5.72. The van der Waals surface area contributed by atoms with Crippen molar-refractivity contribution in [2.24, 2.45) is 0 Å². The summed E-state index contributed by atoms with van der Waals surface area (Å²) in [5, 5.41) is 0. The Morgan fingerprint density at radius 2 is 1.79 bits per heavy atom. The maximum absolute atomic E-state index is 4.60. The third-order valence-electron chi connectivity index (χ3n) is 4.81. The number of benzene rings is 2. The lowest BCUT2D eigenvalue weighted by Crippen LogP contribution is -1.90. The minimum atomic E-state index is 0.965. The zero-order valence-electron chi connectivity index (χ0n) is 14.2. The molecule has 1 heteroatoms. The molecule has 0 amide bonds. The van der Waals surface area contributed by atoms with Crippen molar-refractivity contribution in [2.45, 2.75) is 26.7 Å². The number of nitrogens with zero attached hydrogens (tertiary/aromatic N) is 1. The Balaban J connectivity index is 1.75. The first-order chi connectivity index (χ1) is 11.7. The Hall–Kier alpha value is -2.67. The standard InChI is InChI=1S/C23H21N/c1-3-17-8-10-18(11-9-17)21-6-4-5-19-13-20(14-22(19)21)23-12-7-16(2)15-24-23/h4-12,14-15H,3,13H2,1-2H3. The van der Waals surface area contributed by atoms with Gasteiger partial charge in [-0.1, -0.05) is 55.5 Å². The average Bonchev–Trinajstić information content (AvgIpc) is 3.06. The molecule has 0 unspecified atom stereocenters. The number of hydrogen-bond donors (Lipinski definition) is 0. The molecule has 0 bridgehead atoms. The maximum Gasteiger partial charge on any atom is 0.0665 e. The van der Waals surface area contributed by atoms with Crippen LogP contribution in [-0.4, -0.2) is 4.98 Å². The van der Waals surface area contributed by atoms with Gasteiger partial charge in [-0.2, -0.15) is 0 Å². The summed E-state index contributed by atoms with van der Waals surface area (Å²) >= 11 is 0. The van der Waals surface area contributed by atoms with E-state index < -0.39 is 0 Å². The minimum Gasteiger partial charge on any atom is -0.256 e. The van der Waals surface area contributed by atoms with Crippen molar-refractivity contribution in [1.82, 2.24) is 4.98 Å². The summed E-state index contributed by atoms with van der Waals surface area (Å²) in [5.41, 5.74) is 10.3. The van der Waals surface area contributed by atoms with E-state index in [-0.39, 0.29) is 0 Å². The normalized spacial score (nSPS) is 12.8. The number of allylic oxidation sites excluding steroid dienone is 1. The molecule has 1 nitrogen and oxygen atoms in total. The number of fused-ring (bicyclic) bond motifs is 1. The number of pyridine rings is 1. The second-order valence-corrected chi connectivity index (χ2v) is 6.50. The highest BCUT2D eigenvalue weighted by molar-refractivity contribution is 5.93. The zero-order valence-corrected chi connectivity index (χ0v) is 14.2. The fraction of sp³-hybridized carbons (Fsp3) is 0.174. The van der Waals surface area contributed by atoms with Gasteiger partial charge in [0.25, 0.3) is 0 Å². The number of aromatic nitrogens is 1. The topological polar surface area (TPSA) is 12.9 Å². The van der Waals surface area contributed by atoms with Crippen LogP contribution >= 0.6 is 0 Å². The van der Waals surface area contributed by atoms with Crippen molar-refractivity contribution in [3.05, 3.63) is 88.7 Å². The molecule has 118 valence electrons. The second kappa shape index (κ2) is 6.09. The van der Waals surface area contributed by atoms with E-state index >= 15 is 0 Å². The van der Waals surface area contributed by atoms with Gasteiger partial charge in [0.2, 0.25) is 0 Å². The van der Waals surface area contributed by atoms with Crippen LogP contribution in [0.15, 0.2) is 60.8 Å². The third kappa shape index (κ3) is 2.67. The van der Waals surface area contributed by atoms with E-state index in [1.165, 1.54) is 39.0 Å². The molecular formula is C23H21N. The average molecular weight is 311 g/mol. The van der Waals surface area contributed by atoms with Gasteiger partial charge in [-0.15, -0.1) is 0 Å². The maximum atomic E-state index is 4.60. The molecule has 1 aromatic heterocycles. The van der Waals surface area contributed by atoms with E-state index in [2.05, 4.69) is 79.5 Å². The molecule has 0 fully saturated rings. The molecule has 0 saturated heterocycles. The van der Waals surface area contributed by atoms with Gasteiger partial charge in [-0.05, 0) is 64.4 Å². The fourth-order valence-electron chi connectivity index (χ4n) is 3.36. The first-order valence-electron chi connectivity index (χ1n) is 8.59. The van der Waals surface area contributed by atoms with E-state index in [0.717, 1.165) is 18.5 Å². The van der Waals surface area contributed by atoms with Crippen molar-refractivity contribution >= 4 is 11.6 Å². The highest BCUT2D eigenvalue weighted by atomic mass is 14.7. The van der Waals surface area contributed by atoms with Crippen LogP contribution in [0.4, 0.5) is 0 Å². The van der Waals surface area contributed by atoms with Crippen molar-refractivity contribution in [1.29, 1.82) is 0 Å². The summed E-state index contributed by atoms with van der Waals surface area (Å²) in [6.45, 7) is 4.27. The summed E-state index contributed by atoms with van der Waals surface area (Å²) in [4.78, 5) is 4.60. The van der Waals surface area contributed by atoms with Crippen molar-refractivity contribution in [3.8, 4) is 11.1 Å². The van der Waals surface area contributed by atoms with Crippen LogP contribution < -0.4 is 0 Å². The summed E-state index contributed by atoms with van der Waals surface area (Å²) in [6.07, 6.45) is 6.31. The van der Waals surface area contributed by atoms with Gasteiger partial charge in [-0.25, -0.2) is 0 Å². The molecule has 1 heterocycles. The minimum absolute atomic E-state index is 0.965. The zero-order chi connectivity index (χ0) is 16.5. The molecule has 0 aliphatic heterocycles. The Bertz CT molecular complexity index is 900. The van der Waals surface area contributed by atoms with Crippen molar-refractivity contribution in [3.63, 3.8) is 0 Å². The molecule has 0 atom stereocenters. The van der Waals surface area contributed by atoms with Gasteiger partial charge in [0.1, 0.15) is 0 Å². The largest absolute Gasteiger partial charge is 0.256 e. The monoisotopic (exact) mass is 311 g/mol. The number of hydrogen-bond acceptors (Lipinski definition) is 1. The summed E-state index contributed by atoms with van der Waals surface area (Å²) in [7, 11) is 0. The van der Waals surface area contributed by atoms with Crippen molar-refractivity contribution < 1.29 is 0 Å². The van der Waals surface area contributed by atoms with Crippen LogP contribution in [0.25, 0.3) is 22.8 Å². The van der Waals surface area contributed by atoms with E-state index in [4.69, 9.17) is 0 Å². The van der Waals surface area contributed by atoms with E-state index in [0.29, 0.717) is 0 Å². The van der Waals surface area contributed by atoms with Gasteiger partial charge in [0.05, 0.1) is 5.69 Å². The summed E-state index contributed by atoms with van der Waals surface area (Å²) < 4.78 is 0. The molecule has 3 aromatic rings. The first kappa shape index (κ1) is 14.9. The van der Waals surface area contributed by atoms with Crippen LogP contribution in [0.5, 0.6) is 0 Å². The van der Waals surface area contributed by atoms with Gasteiger partial charge in [-0.3, -0.25) is 4.98 Å². The van der Waals surface area contributed by atoms with Crippen LogP contribution in [0.3, 0.4) is 0 Å². The molecule has 0 saturated carbocycles. The lowest BCUT2D eigenvalue weighted by atomic mass is 9.96. The van der Waals surface area contributed by atoms with E-state index in [1.54, 1.807) is 0 Å². The molecular weight excluding hydrogens is 290 g/mol. The molecule has 1 aliphatic carbocycles. The molecule has 2 aromatic carbocycles.